The Kier molecular flexibility index (Phi) is 5.62. The number of benzene rings is 2. The maximum Gasteiger partial charge on any atom is 0.319 e. The van der Waals surface area contributed by atoms with E-state index in [-0.39, 0.29) is 0 Å². The molecule has 7 nitrogen and oxygen atoms in total. The van der Waals surface area contributed by atoms with Gasteiger partial charge in [-0.2, -0.15) is 5.26 Å². The standard InChI is InChI=1S/C17H18N4O3S/c1-12(15-5-3-4-6-16(15)21-25(2,23)24)19-17(22)20-14-9-7-13(11-18)8-10-14/h3-10,12,21H,1-2H3,(H2,19,20,22). The van der Waals surface area contributed by atoms with Crippen LogP contribution in [0.2, 0.25) is 0 Å². The Balaban J connectivity index is 2.07. The van der Waals surface area contributed by atoms with Gasteiger partial charge in [0.25, 0.3) is 0 Å². The molecule has 8 heteroatoms. The third-order valence-electron chi connectivity index (χ3n) is 3.34. The number of amides is 2. The molecule has 2 aromatic carbocycles. The summed E-state index contributed by atoms with van der Waals surface area (Å²) in [5.74, 6) is 0. The second-order valence-electron chi connectivity index (χ2n) is 5.47. The molecular weight excluding hydrogens is 340 g/mol. The van der Waals surface area contributed by atoms with Crippen LogP contribution in [0.5, 0.6) is 0 Å². The summed E-state index contributed by atoms with van der Waals surface area (Å²) in [6, 6.07) is 14.4. The Morgan fingerprint density at radius 1 is 1.12 bits per heavy atom. The van der Waals surface area contributed by atoms with Crippen LogP contribution in [0.4, 0.5) is 16.2 Å². The quantitative estimate of drug-likeness (QED) is 0.763. The molecule has 0 fully saturated rings. The number of nitrogens with one attached hydrogen (secondary N) is 3. The second-order valence-corrected chi connectivity index (χ2v) is 7.22. The minimum absolute atomic E-state index is 0.413. The molecule has 3 N–H and O–H groups in total. The first-order valence-corrected chi connectivity index (χ1v) is 9.32. The minimum Gasteiger partial charge on any atom is -0.331 e. The summed E-state index contributed by atoms with van der Waals surface area (Å²) in [5.41, 5.74) is 2.10. The SMILES string of the molecule is CC(NC(=O)Nc1ccc(C#N)cc1)c1ccccc1NS(C)(=O)=O. The Labute approximate surface area is 146 Å². The van der Waals surface area contributed by atoms with Gasteiger partial charge in [-0.1, -0.05) is 18.2 Å². The van der Waals surface area contributed by atoms with Crippen LogP contribution in [-0.4, -0.2) is 20.7 Å². The van der Waals surface area contributed by atoms with Crippen LogP contribution in [0, 0.1) is 11.3 Å². The molecule has 0 saturated heterocycles. The Bertz CT molecular complexity index is 902. The van der Waals surface area contributed by atoms with Gasteiger partial charge in [0.2, 0.25) is 10.0 Å². The van der Waals surface area contributed by atoms with Crippen molar-refractivity contribution < 1.29 is 13.2 Å². The van der Waals surface area contributed by atoms with Crippen molar-refractivity contribution in [1.82, 2.24) is 5.32 Å². The molecule has 2 aromatic rings. The van der Waals surface area contributed by atoms with Crippen molar-refractivity contribution in [2.24, 2.45) is 0 Å². The van der Waals surface area contributed by atoms with Gasteiger partial charge in [-0.05, 0) is 42.8 Å². The molecular formula is C17H18N4O3S. The van der Waals surface area contributed by atoms with Crippen LogP contribution in [0.15, 0.2) is 48.5 Å². The predicted octanol–water partition coefficient (Wildman–Crippen LogP) is 2.81. The number of urea groups is 1. The number of carbonyl (C=O) groups excluding carboxylic acids is 1. The molecule has 0 radical (unpaired) electrons. The molecule has 25 heavy (non-hydrogen) atoms. The molecule has 0 aliphatic heterocycles. The number of anilines is 2. The van der Waals surface area contributed by atoms with Crippen LogP contribution in [0.3, 0.4) is 0 Å². The van der Waals surface area contributed by atoms with Crippen molar-refractivity contribution >= 4 is 27.4 Å². The monoisotopic (exact) mass is 358 g/mol. The number of rotatable bonds is 5. The molecule has 0 heterocycles. The molecule has 2 rings (SSSR count). The van der Waals surface area contributed by atoms with Gasteiger partial charge >= 0.3 is 6.03 Å². The number of hydrogen-bond acceptors (Lipinski definition) is 4. The average Bonchev–Trinajstić information content (AvgIpc) is 2.54. The zero-order chi connectivity index (χ0) is 18.4. The molecule has 1 unspecified atom stereocenters. The Hall–Kier alpha value is -3.05. The molecule has 0 spiro atoms. The highest BCUT2D eigenvalue weighted by Crippen LogP contribution is 2.23. The molecule has 0 bridgehead atoms. The van der Waals surface area contributed by atoms with Crippen molar-refractivity contribution in [3.8, 4) is 6.07 Å². The topological polar surface area (TPSA) is 111 Å². The van der Waals surface area contributed by atoms with E-state index < -0.39 is 22.1 Å². The van der Waals surface area contributed by atoms with Crippen molar-refractivity contribution in [3.63, 3.8) is 0 Å². The van der Waals surface area contributed by atoms with Crippen LogP contribution in [0.1, 0.15) is 24.1 Å². The maximum atomic E-state index is 12.1. The summed E-state index contributed by atoms with van der Waals surface area (Å²) < 4.78 is 25.4. The lowest BCUT2D eigenvalue weighted by atomic mass is 10.1. The van der Waals surface area contributed by atoms with Crippen molar-refractivity contribution in [3.05, 3.63) is 59.7 Å². The van der Waals surface area contributed by atoms with Crippen molar-refractivity contribution in [1.29, 1.82) is 5.26 Å². The second kappa shape index (κ2) is 7.68. The van der Waals surface area contributed by atoms with Gasteiger partial charge in [-0.15, -0.1) is 0 Å². The number of nitriles is 1. The molecule has 0 aliphatic carbocycles. The Morgan fingerprint density at radius 3 is 2.36 bits per heavy atom. The molecule has 0 aromatic heterocycles. The zero-order valence-electron chi connectivity index (χ0n) is 13.8. The fraction of sp³-hybridized carbons (Fsp3) is 0.176. The summed E-state index contributed by atoms with van der Waals surface area (Å²) in [5, 5.41) is 14.2. The van der Waals surface area contributed by atoms with Crippen LogP contribution < -0.4 is 15.4 Å². The number of nitrogens with zero attached hydrogens (tertiary/aromatic N) is 1. The van der Waals surface area contributed by atoms with E-state index in [1.807, 2.05) is 6.07 Å². The van der Waals surface area contributed by atoms with Crippen molar-refractivity contribution in [2.75, 3.05) is 16.3 Å². The van der Waals surface area contributed by atoms with E-state index >= 15 is 0 Å². The summed E-state index contributed by atoms with van der Waals surface area (Å²) in [7, 11) is -3.42. The summed E-state index contributed by atoms with van der Waals surface area (Å²) in [6.07, 6.45) is 1.07. The maximum absolute atomic E-state index is 12.1. The molecule has 0 aliphatic rings. The van der Waals surface area contributed by atoms with E-state index in [2.05, 4.69) is 15.4 Å². The van der Waals surface area contributed by atoms with Gasteiger partial charge in [0.05, 0.1) is 29.6 Å². The highest BCUT2D eigenvalue weighted by molar-refractivity contribution is 7.92. The van der Waals surface area contributed by atoms with E-state index in [1.54, 1.807) is 55.5 Å². The minimum atomic E-state index is -3.42. The zero-order valence-corrected chi connectivity index (χ0v) is 14.6. The largest absolute Gasteiger partial charge is 0.331 e. The van der Waals surface area contributed by atoms with E-state index in [9.17, 15) is 13.2 Å². The number of sulfonamides is 1. The van der Waals surface area contributed by atoms with Crippen LogP contribution in [-0.2, 0) is 10.0 Å². The van der Waals surface area contributed by atoms with Crippen molar-refractivity contribution in [2.45, 2.75) is 13.0 Å². The van der Waals surface area contributed by atoms with E-state index in [4.69, 9.17) is 5.26 Å². The molecule has 130 valence electrons. The number of para-hydroxylation sites is 1. The predicted molar refractivity (Wildman–Crippen MR) is 96.6 cm³/mol. The Morgan fingerprint density at radius 2 is 1.76 bits per heavy atom. The lowest BCUT2D eigenvalue weighted by Gasteiger charge is -2.18. The lowest BCUT2D eigenvalue weighted by molar-refractivity contribution is 0.249. The number of carbonyl (C=O) groups is 1. The first kappa shape index (κ1) is 18.3. The fourth-order valence-electron chi connectivity index (χ4n) is 2.24. The highest BCUT2D eigenvalue weighted by Gasteiger charge is 2.15. The summed E-state index contributed by atoms with van der Waals surface area (Å²) in [6.45, 7) is 1.75. The van der Waals surface area contributed by atoms with Gasteiger partial charge in [-0.3, -0.25) is 4.72 Å². The van der Waals surface area contributed by atoms with Crippen LogP contribution >= 0.6 is 0 Å². The van der Waals surface area contributed by atoms with E-state index in [0.717, 1.165) is 6.26 Å². The average molecular weight is 358 g/mol. The summed E-state index contributed by atoms with van der Waals surface area (Å²) >= 11 is 0. The highest BCUT2D eigenvalue weighted by atomic mass is 32.2. The molecule has 2 amide bonds. The van der Waals surface area contributed by atoms with Gasteiger partial charge in [0.1, 0.15) is 0 Å². The van der Waals surface area contributed by atoms with E-state index in [0.29, 0.717) is 22.5 Å². The third kappa shape index (κ3) is 5.51. The lowest BCUT2D eigenvalue weighted by Crippen LogP contribution is -2.31. The van der Waals surface area contributed by atoms with Gasteiger partial charge in [0, 0.05) is 5.69 Å². The third-order valence-corrected chi connectivity index (χ3v) is 3.93. The fourth-order valence-corrected chi connectivity index (χ4v) is 2.82. The number of hydrogen-bond donors (Lipinski definition) is 3. The smallest absolute Gasteiger partial charge is 0.319 e. The van der Waals surface area contributed by atoms with E-state index in [1.165, 1.54) is 0 Å². The van der Waals surface area contributed by atoms with Gasteiger partial charge in [0.15, 0.2) is 0 Å². The normalized spacial score (nSPS) is 11.9. The summed E-state index contributed by atoms with van der Waals surface area (Å²) in [4.78, 5) is 12.1. The molecule has 0 saturated carbocycles. The molecule has 1 atom stereocenters. The first-order chi connectivity index (χ1) is 11.8. The van der Waals surface area contributed by atoms with Gasteiger partial charge < -0.3 is 10.6 Å². The first-order valence-electron chi connectivity index (χ1n) is 7.43. The van der Waals surface area contributed by atoms with Gasteiger partial charge in [-0.25, -0.2) is 13.2 Å². The van der Waals surface area contributed by atoms with Crippen LogP contribution in [0.25, 0.3) is 0 Å².